The minimum Gasteiger partial charge on any atom is -0.330 e. The van der Waals surface area contributed by atoms with Gasteiger partial charge in [0, 0.05) is 33.6 Å². The first-order chi connectivity index (χ1) is 7.04. The van der Waals surface area contributed by atoms with E-state index in [-0.39, 0.29) is 11.7 Å². The van der Waals surface area contributed by atoms with Gasteiger partial charge < -0.3 is 5.73 Å². The minimum atomic E-state index is -0.00845. The second-order valence-corrected chi connectivity index (χ2v) is 5.87. The molecule has 1 aromatic heterocycles. The average Bonchev–Trinajstić information content (AvgIpc) is 2.51. The standard InChI is InChI=1S/C11H16BrNOS/c1-7(2)10(5-13)11(14)4-9-3-8(12)6-15-9/h3,6-7,10H,4-5,13H2,1-2H3. The first-order valence-corrected chi connectivity index (χ1v) is 6.67. The zero-order valence-electron chi connectivity index (χ0n) is 9.00. The highest BCUT2D eigenvalue weighted by Crippen LogP contribution is 2.22. The molecule has 2 N–H and O–H groups in total. The summed E-state index contributed by atoms with van der Waals surface area (Å²) < 4.78 is 1.05. The third-order valence-electron chi connectivity index (χ3n) is 2.44. The maximum Gasteiger partial charge on any atom is 0.142 e. The molecular formula is C11H16BrNOS. The van der Waals surface area contributed by atoms with Gasteiger partial charge in [0.15, 0.2) is 0 Å². The van der Waals surface area contributed by atoms with E-state index in [2.05, 4.69) is 15.9 Å². The second-order valence-electron chi connectivity index (χ2n) is 3.96. The monoisotopic (exact) mass is 289 g/mol. The van der Waals surface area contributed by atoms with Crippen LogP contribution in [0.3, 0.4) is 0 Å². The predicted molar refractivity (Wildman–Crippen MR) is 68.1 cm³/mol. The van der Waals surface area contributed by atoms with Crippen molar-refractivity contribution in [2.45, 2.75) is 20.3 Å². The van der Waals surface area contributed by atoms with Crippen LogP contribution in [0.4, 0.5) is 0 Å². The van der Waals surface area contributed by atoms with Crippen molar-refractivity contribution in [2.75, 3.05) is 6.54 Å². The van der Waals surface area contributed by atoms with Crippen LogP contribution in [0.1, 0.15) is 18.7 Å². The van der Waals surface area contributed by atoms with Crippen LogP contribution in [0.2, 0.25) is 0 Å². The van der Waals surface area contributed by atoms with Crippen molar-refractivity contribution in [1.82, 2.24) is 0 Å². The molecular weight excluding hydrogens is 274 g/mol. The number of rotatable bonds is 5. The number of carbonyl (C=O) groups excluding carboxylic acids is 1. The van der Waals surface area contributed by atoms with E-state index in [9.17, 15) is 4.79 Å². The Labute approximate surface area is 103 Å². The van der Waals surface area contributed by atoms with Gasteiger partial charge in [0.05, 0.1) is 0 Å². The molecule has 1 unspecified atom stereocenters. The SMILES string of the molecule is CC(C)C(CN)C(=O)Cc1cc(Br)cs1. The third kappa shape index (κ3) is 3.70. The van der Waals surface area contributed by atoms with Gasteiger partial charge >= 0.3 is 0 Å². The largest absolute Gasteiger partial charge is 0.330 e. The fourth-order valence-corrected chi connectivity index (χ4v) is 2.99. The Kier molecular flexibility index (Phi) is 4.96. The molecule has 0 bridgehead atoms. The van der Waals surface area contributed by atoms with Crippen molar-refractivity contribution < 1.29 is 4.79 Å². The summed E-state index contributed by atoms with van der Waals surface area (Å²) in [6, 6.07) is 2.00. The van der Waals surface area contributed by atoms with E-state index in [1.807, 2.05) is 25.3 Å². The van der Waals surface area contributed by atoms with Crippen molar-refractivity contribution in [2.24, 2.45) is 17.6 Å². The molecule has 2 nitrogen and oxygen atoms in total. The van der Waals surface area contributed by atoms with Crippen LogP contribution in [0.15, 0.2) is 15.9 Å². The van der Waals surface area contributed by atoms with Gasteiger partial charge in [-0.15, -0.1) is 11.3 Å². The quantitative estimate of drug-likeness (QED) is 0.906. The zero-order valence-corrected chi connectivity index (χ0v) is 11.4. The lowest BCUT2D eigenvalue weighted by Gasteiger charge is -2.16. The molecule has 0 amide bonds. The smallest absolute Gasteiger partial charge is 0.142 e. The summed E-state index contributed by atoms with van der Waals surface area (Å²) in [5.41, 5.74) is 5.61. The molecule has 0 aliphatic rings. The maximum atomic E-state index is 11.9. The van der Waals surface area contributed by atoms with Gasteiger partial charge in [0.2, 0.25) is 0 Å². The summed E-state index contributed by atoms with van der Waals surface area (Å²) in [5, 5.41) is 2.00. The molecule has 0 saturated carbocycles. The Morgan fingerprint density at radius 1 is 1.60 bits per heavy atom. The fraction of sp³-hybridized carbons (Fsp3) is 0.545. The van der Waals surface area contributed by atoms with Crippen LogP contribution in [0.5, 0.6) is 0 Å². The number of thiophene rings is 1. The van der Waals surface area contributed by atoms with Crippen molar-refractivity contribution in [3.05, 3.63) is 20.8 Å². The van der Waals surface area contributed by atoms with Crippen molar-refractivity contribution in [1.29, 1.82) is 0 Å². The predicted octanol–water partition coefficient (Wildman–Crippen LogP) is 2.85. The first kappa shape index (κ1) is 12.9. The molecule has 4 heteroatoms. The maximum absolute atomic E-state index is 11.9. The van der Waals surface area contributed by atoms with E-state index in [4.69, 9.17) is 5.73 Å². The van der Waals surface area contributed by atoms with E-state index in [1.165, 1.54) is 0 Å². The van der Waals surface area contributed by atoms with Gasteiger partial charge in [0.1, 0.15) is 5.78 Å². The van der Waals surface area contributed by atoms with Crippen LogP contribution < -0.4 is 5.73 Å². The number of carbonyl (C=O) groups is 1. The van der Waals surface area contributed by atoms with E-state index in [0.29, 0.717) is 18.9 Å². The number of Topliss-reactive ketones (excluding diaryl/α,β-unsaturated/α-hetero) is 1. The molecule has 0 spiro atoms. The Hall–Kier alpha value is -0.190. The van der Waals surface area contributed by atoms with E-state index < -0.39 is 0 Å². The molecule has 1 aromatic rings. The molecule has 0 radical (unpaired) electrons. The summed E-state index contributed by atoms with van der Waals surface area (Å²) >= 11 is 4.99. The lowest BCUT2D eigenvalue weighted by Crippen LogP contribution is -2.29. The second kappa shape index (κ2) is 5.77. The normalized spacial score (nSPS) is 13.1. The lowest BCUT2D eigenvalue weighted by molar-refractivity contribution is -0.123. The zero-order chi connectivity index (χ0) is 11.4. The van der Waals surface area contributed by atoms with Gasteiger partial charge in [0.25, 0.3) is 0 Å². The topological polar surface area (TPSA) is 43.1 Å². The number of halogens is 1. The molecule has 0 aromatic carbocycles. The third-order valence-corrected chi connectivity index (χ3v) is 4.14. The number of ketones is 1. The molecule has 0 aliphatic heterocycles. The number of nitrogens with two attached hydrogens (primary N) is 1. The highest BCUT2D eigenvalue weighted by atomic mass is 79.9. The summed E-state index contributed by atoms with van der Waals surface area (Å²) in [5.74, 6) is 0.568. The molecule has 1 rings (SSSR count). The molecule has 15 heavy (non-hydrogen) atoms. The van der Waals surface area contributed by atoms with Crippen LogP contribution in [-0.2, 0) is 11.2 Å². The fourth-order valence-electron chi connectivity index (χ4n) is 1.52. The Balaban J connectivity index is 2.62. The Morgan fingerprint density at radius 2 is 2.27 bits per heavy atom. The van der Waals surface area contributed by atoms with E-state index in [1.54, 1.807) is 11.3 Å². The van der Waals surface area contributed by atoms with Crippen LogP contribution in [0, 0.1) is 11.8 Å². The van der Waals surface area contributed by atoms with Gasteiger partial charge in [-0.1, -0.05) is 13.8 Å². The Morgan fingerprint density at radius 3 is 2.67 bits per heavy atom. The highest BCUT2D eigenvalue weighted by Gasteiger charge is 2.20. The van der Waals surface area contributed by atoms with Gasteiger partial charge in [-0.25, -0.2) is 0 Å². The Bertz CT molecular complexity index is 335. The lowest BCUT2D eigenvalue weighted by atomic mass is 9.90. The molecule has 0 aliphatic carbocycles. The van der Waals surface area contributed by atoms with Crippen LogP contribution in [0.25, 0.3) is 0 Å². The first-order valence-electron chi connectivity index (χ1n) is 5.00. The summed E-state index contributed by atoms with van der Waals surface area (Å²) in [6.07, 6.45) is 0.510. The highest BCUT2D eigenvalue weighted by molar-refractivity contribution is 9.10. The van der Waals surface area contributed by atoms with Gasteiger partial charge in [-0.05, 0) is 27.9 Å². The summed E-state index contributed by atoms with van der Waals surface area (Å²) in [7, 11) is 0. The van der Waals surface area contributed by atoms with E-state index >= 15 is 0 Å². The molecule has 84 valence electrons. The number of hydrogen-bond acceptors (Lipinski definition) is 3. The van der Waals surface area contributed by atoms with Crippen molar-refractivity contribution in [3.8, 4) is 0 Å². The molecule has 1 atom stereocenters. The summed E-state index contributed by atoms with van der Waals surface area (Å²) in [4.78, 5) is 13.0. The molecule has 1 heterocycles. The van der Waals surface area contributed by atoms with Crippen molar-refractivity contribution in [3.63, 3.8) is 0 Å². The minimum absolute atomic E-state index is 0.00845. The van der Waals surface area contributed by atoms with Crippen LogP contribution in [-0.4, -0.2) is 12.3 Å². The van der Waals surface area contributed by atoms with Gasteiger partial charge in [-0.3, -0.25) is 4.79 Å². The molecule has 0 saturated heterocycles. The van der Waals surface area contributed by atoms with Gasteiger partial charge in [-0.2, -0.15) is 0 Å². The van der Waals surface area contributed by atoms with E-state index in [0.717, 1.165) is 9.35 Å². The summed E-state index contributed by atoms with van der Waals surface area (Å²) in [6.45, 7) is 4.53. The number of hydrogen-bond donors (Lipinski definition) is 1. The average molecular weight is 290 g/mol. The van der Waals surface area contributed by atoms with Crippen molar-refractivity contribution >= 4 is 33.0 Å². The van der Waals surface area contributed by atoms with Crippen LogP contribution >= 0.6 is 27.3 Å². The molecule has 0 fully saturated rings.